The standard InChI is InChI=1S/C23H20FN3O2/c24-19-10-4-9-18-17(19)11-12-20(18)27(23(29)15-6-2-1-3-7-15)14-16-8-5-13-26-21(16)22(25)28/h1-10,13,20H,11-12,14H2,(H2,25,28)/t20-/m1/s1. The van der Waals surface area contributed by atoms with Crippen molar-refractivity contribution in [2.45, 2.75) is 25.4 Å². The molecule has 146 valence electrons. The Balaban J connectivity index is 1.77. The summed E-state index contributed by atoms with van der Waals surface area (Å²) in [6.45, 7) is 0.153. The third-order valence-electron chi connectivity index (χ3n) is 5.31. The predicted octanol–water partition coefficient (Wildman–Crippen LogP) is 3.65. The molecule has 0 radical (unpaired) electrons. The molecule has 6 heteroatoms. The molecule has 0 saturated heterocycles. The van der Waals surface area contributed by atoms with Gasteiger partial charge in [0.05, 0.1) is 6.04 Å². The normalized spacial score (nSPS) is 15.0. The fourth-order valence-corrected chi connectivity index (χ4v) is 3.95. The minimum Gasteiger partial charge on any atom is -0.364 e. The van der Waals surface area contributed by atoms with Gasteiger partial charge in [0.15, 0.2) is 0 Å². The number of aromatic nitrogens is 1. The number of benzene rings is 2. The van der Waals surface area contributed by atoms with Crippen molar-refractivity contribution in [2.24, 2.45) is 5.73 Å². The van der Waals surface area contributed by atoms with Crippen molar-refractivity contribution < 1.29 is 14.0 Å². The van der Waals surface area contributed by atoms with Crippen LogP contribution in [0.1, 0.15) is 50.0 Å². The zero-order valence-corrected chi connectivity index (χ0v) is 15.7. The van der Waals surface area contributed by atoms with E-state index in [-0.39, 0.29) is 30.0 Å². The molecule has 1 aliphatic carbocycles. The van der Waals surface area contributed by atoms with E-state index in [9.17, 15) is 14.0 Å². The zero-order chi connectivity index (χ0) is 20.4. The number of amides is 2. The Morgan fingerprint density at radius 2 is 1.86 bits per heavy atom. The second-order valence-electron chi connectivity index (χ2n) is 7.04. The molecule has 0 aliphatic heterocycles. The van der Waals surface area contributed by atoms with Gasteiger partial charge in [-0.15, -0.1) is 0 Å². The third-order valence-corrected chi connectivity index (χ3v) is 5.31. The van der Waals surface area contributed by atoms with E-state index in [2.05, 4.69) is 4.98 Å². The van der Waals surface area contributed by atoms with Crippen molar-refractivity contribution in [1.82, 2.24) is 9.88 Å². The number of hydrogen-bond acceptors (Lipinski definition) is 3. The Hall–Kier alpha value is -3.54. The molecule has 2 aromatic carbocycles. The van der Waals surface area contributed by atoms with E-state index >= 15 is 0 Å². The van der Waals surface area contributed by atoms with E-state index in [1.165, 1.54) is 12.3 Å². The molecule has 1 heterocycles. The molecule has 2 N–H and O–H groups in total. The predicted molar refractivity (Wildman–Crippen MR) is 107 cm³/mol. The maximum atomic E-state index is 14.3. The zero-order valence-electron chi connectivity index (χ0n) is 15.7. The van der Waals surface area contributed by atoms with Crippen LogP contribution in [0.25, 0.3) is 0 Å². The summed E-state index contributed by atoms with van der Waals surface area (Å²) in [7, 11) is 0. The summed E-state index contributed by atoms with van der Waals surface area (Å²) in [6.07, 6.45) is 2.66. The van der Waals surface area contributed by atoms with E-state index in [1.807, 2.05) is 12.1 Å². The first-order chi connectivity index (χ1) is 14.1. The van der Waals surface area contributed by atoms with E-state index in [0.717, 1.165) is 5.56 Å². The quantitative estimate of drug-likeness (QED) is 0.724. The molecule has 0 unspecified atom stereocenters. The Kier molecular flexibility index (Phi) is 5.08. The molecule has 1 atom stereocenters. The SMILES string of the molecule is NC(=O)c1ncccc1CN(C(=O)c1ccccc1)[C@@H]1CCc2c(F)cccc21. The van der Waals surface area contributed by atoms with Gasteiger partial charge in [0.1, 0.15) is 11.5 Å². The van der Waals surface area contributed by atoms with Crippen LogP contribution in [0.4, 0.5) is 4.39 Å². The summed E-state index contributed by atoms with van der Waals surface area (Å²) in [5.41, 5.74) is 8.15. The van der Waals surface area contributed by atoms with Crippen LogP contribution in [-0.4, -0.2) is 21.7 Å². The van der Waals surface area contributed by atoms with Gasteiger partial charge in [-0.1, -0.05) is 36.4 Å². The number of nitrogens with two attached hydrogens (primary N) is 1. The molecule has 0 fully saturated rings. The minimum absolute atomic E-state index is 0.135. The summed E-state index contributed by atoms with van der Waals surface area (Å²) < 4.78 is 14.3. The molecule has 1 aromatic heterocycles. The van der Waals surface area contributed by atoms with Gasteiger partial charge >= 0.3 is 0 Å². The summed E-state index contributed by atoms with van der Waals surface area (Å²) >= 11 is 0. The van der Waals surface area contributed by atoms with Crippen LogP contribution in [0, 0.1) is 5.82 Å². The summed E-state index contributed by atoms with van der Waals surface area (Å²) in [5.74, 6) is -1.09. The summed E-state index contributed by atoms with van der Waals surface area (Å²) in [5, 5.41) is 0. The number of pyridine rings is 1. The van der Waals surface area contributed by atoms with Gasteiger partial charge < -0.3 is 10.6 Å². The van der Waals surface area contributed by atoms with E-state index in [1.54, 1.807) is 47.4 Å². The first-order valence-corrected chi connectivity index (χ1v) is 9.43. The first-order valence-electron chi connectivity index (χ1n) is 9.43. The first kappa shape index (κ1) is 18.8. The molecule has 3 aromatic rings. The molecule has 0 bridgehead atoms. The van der Waals surface area contributed by atoms with Crippen LogP contribution in [0.2, 0.25) is 0 Å². The lowest BCUT2D eigenvalue weighted by atomic mass is 10.0. The van der Waals surface area contributed by atoms with Crippen LogP contribution < -0.4 is 5.73 Å². The molecule has 1 aliphatic rings. The number of rotatable bonds is 5. The number of fused-ring (bicyclic) bond motifs is 1. The van der Waals surface area contributed by atoms with Crippen LogP contribution in [0.5, 0.6) is 0 Å². The van der Waals surface area contributed by atoms with Crippen molar-refractivity contribution in [3.8, 4) is 0 Å². The Bertz CT molecular complexity index is 1070. The monoisotopic (exact) mass is 389 g/mol. The average Bonchev–Trinajstić information content (AvgIpc) is 3.17. The Morgan fingerprint density at radius 1 is 1.07 bits per heavy atom. The molecular weight excluding hydrogens is 369 g/mol. The minimum atomic E-state index is -0.648. The Morgan fingerprint density at radius 3 is 2.62 bits per heavy atom. The maximum Gasteiger partial charge on any atom is 0.267 e. The number of primary amides is 1. The van der Waals surface area contributed by atoms with Crippen LogP contribution in [-0.2, 0) is 13.0 Å². The fraction of sp³-hybridized carbons (Fsp3) is 0.174. The highest BCUT2D eigenvalue weighted by Crippen LogP contribution is 2.38. The van der Waals surface area contributed by atoms with Gasteiger partial charge in [0.25, 0.3) is 11.8 Å². The second kappa shape index (κ2) is 7.83. The van der Waals surface area contributed by atoms with Crippen LogP contribution in [0.3, 0.4) is 0 Å². The van der Waals surface area contributed by atoms with Gasteiger partial charge in [-0.2, -0.15) is 0 Å². The van der Waals surface area contributed by atoms with Gasteiger partial charge in [-0.25, -0.2) is 4.39 Å². The third kappa shape index (κ3) is 3.61. The van der Waals surface area contributed by atoms with Gasteiger partial charge in [0.2, 0.25) is 0 Å². The summed E-state index contributed by atoms with van der Waals surface area (Å²) in [6, 6.07) is 17.0. The van der Waals surface area contributed by atoms with E-state index in [4.69, 9.17) is 5.73 Å². The van der Waals surface area contributed by atoms with E-state index < -0.39 is 5.91 Å². The van der Waals surface area contributed by atoms with Crippen molar-refractivity contribution >= 4 is 11.8 Å². The number of carbonyl (C=O) groups excluding carboxylic acids is 2. The van der Waals surface area contributed by atoms with Gasteiger partial charge in [-0.05, 0) is 48.2 Å². The summed E-state index contributed by atoms with van der Waals surface area (Å²) in [4.78, 5) is 31.0. The van der Waals surface area contributed by atoms with Gasteiger partial charge in [0, 0.05) is 23.9 Å². The highest BCUT2D eigenvalue weighted by atomic mass is 19.1. The average molecular weight is 389 g/mol. The van der Waals surface area contributed by atoms with Gasteiger partial charge in [-0.3, -0.25) is 14.6 Å². The van der Waals surface area contributed by atoms with E-state index in [0.29, 0.717) is 29.5 Å². The van der Waals surface area contributed by atoms with Crippen molar-refractivity contribution in [1.29, 1.82) is 0 Å². The highest BCUT2D eigenvalue weighted by Gasteiger charge is 2.33. The molecular formula is C23H20FN3O2. The van der Waals surface area contributed by atoms with Crippen molar-refractivity contribution in [2.75, 3.05) is 0 Å². The van der Waals surface area contributed by atoms with Crippen molar-refractivity contribution in [3.05, 3.63) is 101 Å². The highest BCUT2D eigenvalue weighted by molar-refractivity contribution is 5.95. The number of nitrogens with zero attached hydrogens (tertiary/aromatic N) is 2. The number of halogens is 1. The molecule has 4 rings (SSSR count). The topological polar surface area (TPSA) is 76.3 Å². The lowest BCUT2D eigenvalue weighted by Crippen LogP contribution is -2.34. The number of hydrogen-bond donors (Lipinski definition) is 1. The van der Waals surface area contributed by atoms with Crippen LogP contribution >= 0.6 is 0 Å². The lowest BCUT2D eigenvalue weighted by Gasteiger charge is -2.30. The molecule has 0 saturated carbocycles. The van der Waals surface area contributed by atoms with Crippen molar-refractivity contribution in [3.63, 3.8) is 0 Å². The molecule has 0 spiro atoms. The number of carbonyl (C=O) groups is 2. The molecule has 5 nitrogen and oxygen atoms in total. The lowest BCUT2D eigenvalue weighted by molar-refractivity contribution is 0.0656. The second-order valence-corrected chi connectivity index (χ2v) is 7.04. The fourth-order valence-electron chi connectivity index (χ4n) is 3.95. The van der Waals surface area contributed by atoms with Crippen LogP contribution in [0.15, 0.2) is 66.9 Å². The molecule has 2 amide bonds. The molecule has 29 heavy (non-hydrogen) atoms. The largest absolute Gasteiger partial charge is 0.364 e. The maximum absolute atomic E-state index is 14.3. The smallest absolute Gasteiger partial charge is 0.267 e. The Labute approximate surface area is 168 Å².